The molecule has 0 atom stereocenters. The van der Waals surface area contributed by atoms with Gasteiger partial charge in [-0.3, -0.25) is 14.9 Å². The average molecular weight is 359 g/mol. The van der Waals surface area contributed by atoms with Crippen LogP contribution in [0.4, 0.5) is 0 Å². The van der Waals surface area contributed by atoms with E-state index in [1.165, 1.54) is 0 Å². The predicted octanol–water partition coefficient (Wildman–Crippen LogP) is 6.05. The van der Waals surface area contributed by atoms with Crippen LogP contribution in [0.1, 0.15) is 64.2 Å². The van der Waals surface area contributed by atoms with E-state index < -0.39 is 0 Å². The fraction of sp³-hybridized carbons (Fsp3) is 0.500. The van der Waals surface area contributed by atoms with Crippen molar-refractivity contribution in [2.45, 2.75) is 64.2 Å². The zero-order chi connectivity index (χ0) is 19.1. The van der Waals surface area contributed by atoms with Crippen molar-refractivity contribution in [2.24, 2.45) is 0 Å². The first-order valence-electron chi connectivity index (χ1n) is 9.49. The first-order chi connectivity index (χ1) is 12.8. The highest BCUT2D eigenvalue weighted by Crippen LogP contribution is 2.02. The Morgan fingerprint density at radius 3 is 1.58 bits per heavy atom. The Morgan fingerprint density at radius 1 is 0.654 bits per heavy atom. The third kappa shape index (κ3) is 21.8. The van der Waals surface area contributed by atoms with Gasteiger partial charge in [-0.05, 0) is 51.4 Å². The van der Waals surface area contributed by atoms with E-state index in [0.29, 0.717) is 12.8 Å². The quantitative estimate of drug-likeness (QED) is 0.137. The average Bonchev–Trinajstić information content (AvgIpc) is 2.62. The van der Waals surface area contributed by atoms with Crippen LogP contribution in [-0.4, -0.2) is 17.8 Å². The molecule has 0 spiro atoms. The number of hydrogen-bond donors (Lipinski definition) is 0. The van der Waals surface area contributed by atoms with Gasteiger partial charge in [-0.2, -0.15) is 0 Å². The molecule has 0 unspecified atom stereocenters. The lowest BCUT2D eigenvalue weighted by molar-refractivity contribution is -0.480. The predicted molar refractivity (Wildman–Crippen MR) is 109 cm³/mol. The van der Waals surface area contributed by atoms with Crippen LogP contribution < -0.4 is 0 Å². The number of carbonyl (C=O) groups excluding carboxylic acids is 1. The van der Waals surface area contributed by atoms with E-state index in [4.69, 9.17) is 0 Å². The maximum Gasteiger partial charge on any atom is 0.203 e. The highest BCUT2D eigenvalue weighted by Gasteiger charge is 1.94. The summed E-state index contributed by atoms with van der Waals surface area (Å²) < 4.78 is 0. The molecule has 0 heterocycles. The lowest BCUT2D eigenvalue weighted by Gasteiger charge is -1.93. The van der Waals surface area contributed by atoms with Crippen LogP contribution in [0.15, 0.2) is 60.8 Å². The second kappa shape index (κ2) is 20.8. The zero-order valence-corrected chi connectivity index (χ0v) is 15.7. The third-order valence-corrected chi connectivity index (χ3v) is 3.55. The van der Waals surface area contributed by atoms with Gasteiger partial charge in [0.25, 0.3) is 0 Å². The normalized spacial score (nSPS) is 12.5. The number of rotatable bonds is 17. The van der Waals surface area contributed by atoms with Gasteiger partial charge < -0.3 is 0 Å². The maximum absolute atomic E-state index is 10.2. The monoisotopic (exact) mass is 358 g/mol. The van der Waals surface area contributed by atoms with Gasteiger partial charge in [0.15, 0.2) is 6.29 Å². The van der Waals surface area contributed by atoms with Crippen LogP contribution in [0.2, 0.25) is 0 Å². The molecular formula is C22H32NO3. The molecule has 0 saturated carbocycles. The smallest absolute Gasteiger partial charge is 0.203 e. The summed E-state index contributed by atoms with van der Waals surface area (Å²) in [7, 11) is 0. The number of nitro groups is 1. The zero-order valence-electron chi connectivity index (χ0n) is 15.7. The van der Waals surface area contributed by atoms with Crippen molar-refractivity contribution >= 4 is 6.29 Å². The molecule has 4 nitrogen and oxygen atoms in total. The van der Waals surface area contributed by atoms with Crippen molar-refractivity contribution in [1.29, 1.82) is 0 Å². The summed E-state index contributed by atoms with van der Waals surface area (Å²) in [6.07, 6.45) is 31.8. The summed E-state index contributed by atoms with van der Waals surface area (Å²) in [6, 6.07) is 0. The Morgan fingerprint density at radius 2 is 1.12 bits per heavy atom. The largest absolute Gasteiger partial charge is 0.291 e. The Kier molecular flexibility index (Phi) is 19.0. The van der Waals surface area contributed by atoms with Crippen LogP contribution in [0.3, 0.4) is 0 Å². The highest BCUT2D eigenvalue weighted by molar-refractivity contribution is 5.50. The molecule has 4 heteroatoms. The first kappa shape index (κ1) is 23.8. The first-order valence-corrected chi connectivity index (χ1v) is 9.49. The van der Waals surface area contributed by atoms with Crippen molar-refractivity contribution in [1.82, 2.24) is 0 Å². The van der Waals surface area contributed by atoms with Crippen LogP contribution >= 0.6 is 0 Å². The number of hydrogen-bond acceptors (Lipinski definition) is 3. The van der Waals surface area contributed by atoms with E-state index in [1.54, 1.807) is 0 Å². The third-order valence-electron chi connectivity index (χ3n) is 3.55. The van der Waals surface area contributed by atoms with Gasteiger partial charge in [-0.1, -0.05) is 60.8 Å². The molecule has 0 aliphatic rings. The van der Waals surface area contributed by atoms with Gasteiger partial charge in [0.1, 0.15) is 0 Å². The standard InChI is InChI=1S/C22H32NO3/c24-22-20-18-16-14-12-10-8-6-4-2-1-3-5-7-9-11-13-15-17-19-21-23(25)26/h2-5,8-11,14,16H,1,6-7,12-13,15,17-21H2. The Hall–Kier alpha value is -2.23. The van der Waals surface area contributed by atoms with Gasteiger partial charge >= 0.3 is 0 Å². The second-order valence-corrected chi connectivity index (χ2v) is 5.89. The van der Waals surface area contributed by atoms with Crippen LogP contribution in [0.25, 0.3) is 0 Å². The van der Waals surface area contributed by atoms with Crippen LogP contribution in [-0.2, 0) is 4.79 Å². The summed E-state index contributed by atoms with van der Waals surface area (Å²) in [6.45, 7) is 0.0915. The van der Waals surface area contributed by atoms with Crippen molar-refractivity contribution in [3.63, 3.8) is 0 Å². The summed E-state index contributed by atoms with van der Waals surface area (Å²) in [5, 5.41) is 10.2. The molecule has 26 heavy (non-hydrogen) atoms. The van der Waals surface area contributed by atoms with Gasteiger partial charge in [0.05, 0.1) is 0 Å². The fourth-order valence-corrected chi connectivity index (χ4v) is 2.14. The molecule has 0 rings (SSSR count). The van der Waals surface area contributed by atoms with E-state index >= 15 is 0 Å². The molecule has 0 aliphatic heterocycles. The second-order valence-electron chi connectivity index (χ2n) is 5.89. The molecule has 0 aromatic heterocycles. The Balaban J connectivity index is 3.44. The molecule has 0 saturated heterocycles. The van der Waals surface area contributed by atoms with E-state index in [2.05, 4.69) is 54.7 Å². The Bertz CT molecular complexity index is 488. The van der Waals surface area contributed by atoms with Gasteiger partial charge in [-0.15, -0.1) is 0 Å². The number of unbranched alkanes of at least 4 members (excludes halogenated alkanes) is 4. The summed E-state index contributed by atoms with van der Waals surface area (Å²) in [5.41, 5.74) is 0. The van der Waals surface area contributed by atoms with Crippen LogP contribution in [0, 0.1) is 10.1 Å². The lowest BCUT2D eigenvalue weighted by Crippen LogP contribution is -1.99. The van der Waals surface area contributed by atoms with E-state index in [1.807, 2.05) is 12.4 Å². The molecule has 143 valence electrons. The molecule has 0 aromatic rings. The van der Waals surface area contributed by atoms with E-state index in [0.717, 1.165) is 51.4 Å². The van der Waals surface area contributed by atoms with Crippen molar-refractivity contribution < 1.29 is 9.72 Å². The molecule has 0 aromatic carbocycles. The highest BCUT2D eigenvalue weighted by atomic mass is 16.6. The Labute approximate surface area is 158 Å². The maximum atomic E-state index is 10.2. The summed E-state index contributed by atoms with van der Waals surface area (Å²) in [5.74, 6) is 0. The van der Waals surface area contributed by atoms with Crippen molar-refractivity contribution in [2.75, 3.05) is 6.54 Å². The molecule has 0 amide bonds. The minimum atomic E-state index is -0.248. The van der Waals surface area contributed by atoms with Crippen LogP contribution in [0.5, 0.6) is 0 Å². The molecule has 0 bridgehead atoms. The summed E-state index contributed by atoms with van der Waals surface area (Å²) >= 11 is 0. The van der Waals surface area contributed by atoms with Crippen molar-refractivity contribution in [3.05, 3.63) is 70.9 Å². The fourth-order valence-electron chi connectivity index (χ4n) is 2.14. The van der Waals surface area contributed by atoms with Crippen molar-refractivity contribution in [3.8, 4) is 0 Å². The van der Waals surface area contributed by atoms with E-state index in [9.17, 15) is 14.9 Å². The summed E-state index contributed by atoms with van der Waals surface area (Å²) in [4.78, 5) is 19.9. The number of nitrogens with zero attached hydrogens (tertiary/aromatic N) is 1. The molecule has 0 N–H and O–H groups in total. The van der Waals surface area contributed by atoms with Gasteiger partial charge in [0.2, 0.25) is 6.54 Å². The molecular weight excluding hydrogens is 326 g/mol. The topological polar surface area (TPSA) is 60.2 Å². The van der Waals surface area contributed by atoms with Gasteiger partial charge in [-0.25, -0.2) is 0 Å². The molecule has 1 radical (unpaired) electrons. The minimum Gasteiger partial charge on any atom is -0.291 e. The van der Waals surface area contributed by atoms with E-state index in [-0.39, 0.29) is 11.5 Å². The van der Waals surface area contributed by atoms with Gasteiger partial charge in [0, 0.05) is 17.8 Å². The molecule has 0 fully saturated rings. The molecule has 0 aliphatic carbocycles. The lowest BCUT2D eigenvalue weighted by atomic mass is 10.2. The SMILES string of the molecule is O=[C]CCC=CCC=CCC=CCC=CCC=CCCCCC[N+](=O)[O-]. The number of allylic oxidation sites excluding steroid dienone is 10. The minimum absolute atomic E-state index is 0.0915.